The summed E-state index contributed by atoms with van der Waals surface area (Å²) in [4.78, 5) is 12.0. The molecule has 0 aliphatic heterocycles. The second-order valence-corrected chi connectivity index (χ2v) is 9.02. The first-order valence-electron chi connectivity index (χ1n) is 9.31. The highest BCUT2D eigenvalue weighted by Gasteiger charge is 2.27. The van der Waals surface area contributed by atoms with Crippen LogP contribution in [0.15, 0.2) is 45.7 Å². The highest BCUT2D eigenvalue weighted by atomic mass is 32.2. The summed E-state index contributed by atoms with van der Waals surface area (Å²) in [5.74, 6) is -0.219. The Kier molecular flexibility index (Phi) is 5.03. The van der Waals surface area contributed by atoms with Gasteiger partial charge in [0.25, 0.3) is 5.56 Å². The lowest BCUT2D eigenvalue weighted by Gasteiger charge is -2.29. The number of fused-ring (bicyclic) bond motifs is 1. The van der Waals surface area contributed by atoms with E-state index in [2.05, 4.69) is 15.0 Å². The molecule has 9 heteroatoms. The highest BCUT2D eigenvalue weighted by Crippen LogP contribution is 2.28. The molecule has 1 saturated carbocycles. The minimum atomic E-state index is -3.55. The van der Waals surface area contributed by atoms with Crippen molar-refractivity contribution in [3.63, 3.8) is 0 Å². The Balaban J connectivity index is 1.40. The molecule has 28 heavy (non-hydrogen) atoms. The molecule has 3 aromatic rings. The average molecular weight is 402 g/mol. The van der Waals surface area contributed by atoms with Crippen LogP contribution in [-0.2, 0) is 15.8 Å². The molecule has 2 heterocycles. The molecule has 0 radical (unpaired) electrons. The summed E-state index contributed by atoms with van der Waals surface area (Å²) < 4.78 is 34.7. The van der Waals surface area contributed by atoms with Crippen LogP contribution >= 0.6 is 0 Å². The molecule has 1 N–H and O–H groups in total. The first kappa shape index (κ1) is 18.8. The van der Waals surface area contributed by atoms with Crippen LogP contribution in [0.2, 0.25) is 0 Å². The molecular weight excluding hydrogens is 380 g/mol. The topological polar surface area (TPSA) is 107 Å². The van der Waals surface area contributed by atoms with E-state index in [1.54, 1.807) is 18.2 Å². The van der Waals surface area contributed by atoms with Crippen molar-refractivity contribution < 1.29 is 12.9 Å². The van der Waals surface area contributed by atoms with Gasteiger partial charge in [-0.2, -0.15) is 5.10 Å². The van der Waals surface area contributed by atoms with Gasteiger partial charge in [-0.3, -0.25) is 4.79 Å². The Hall–Kier alpha value is -2.52. The van der Waals surface area contributed by atoms with E-state index in [0.717, 1.165) is 5.69 Å². The van der Waals surface area contributed by atoms with Crippen LogP contribution < -0.4 is 10.3 Å². The first-order valence-corrected chi connectivity index (χ1v) is 11.0. The van der Waals surface area contributed by atoms with Gasteiger partial charge in [0, 0.05) is 17.5 Å². The molecule has 148 valence electrons. The summed E-state index contributed by atoms with van der Waals surface area (Å²) in [6, 6.07) is 10.3. The van der Waals surface area contributed by atoms with Crippen LogP contribution in [0, 0.1) is 6.92 Å². The number of hydrogen-bond acceptors (Lipinski definition) is 6. The zero-order valence-electron chi connectivity index (χ0n) is 15.5. The van der Waals surface area contributed by atoms with Gasteiger partial charge in [-0.05, 0) is 50.8 Å². The van der Waals surface area contributed by atoms with Gasteiger partial charge in [0.05, 0.1) is 11.7 Å². The molecule has 1 aliphatic rings. The van der Waals surface area contributed by atoms with E-state index in [9.17, 15) is 13.2 Å². The molecule has 0 bridgehead atoms. The number of nitrogens with one attached hydrogen (secondary N) is 1. The van der Waals surface area contributed by atoms with Crippen molar-refractivity contribution in [2.24, 2.45) is 0 Å². The van der Waals surface area contributed by atoms with Crippen molar-refractivity contribution in [2.45, 2.75) is 50.4 Å². The predicted octanol–water partition coefficient (Wildman–Crippen LogP) is 2.30. The largest absolute Gasteiger partial charge is 0.356 e. The average Bonchev–Trinajstić information content (AvgIpc) is 3.06. The third-order valence-electron chi connectivity index (χ3n) is 5.13. The highest BCUT2D eigenvalue weighted by molar-refractivity contribution is 7.88. The van der Waals surface area contributed by atoms with Gasteiger partial charge < -0.3 is 4.52 Å². The van der Waals surface area contributed by atoms with E-state index in [4.69, 9.17) is 4.52 Å². The van der Waals surface area contributed by atoms with Gasteiger partial charge in [0.2, 0.25) is 10.0 Å². The molecule has 8 nitrogen and oxygen atoms in total. The maximum atomic E-state index is 12.6. The van der Waals surface area contributed by atoms with Gasteiger partial charge in [0.15, 0.2) is 5.58 Å². The Morgan fingerprint density at radius 2 is 1.89 bits per heavy atom. The molecule has 0 spiro atoms. The van der Waals surface area contributed by atoms with Gasteiger partial charge >= 0.3 is 0 Å². The van der Waals surface area contributed by atoms with E-state index in [0.29, 0.717) is 42.3 Å². The molecule has 0 unspecified atom stereocenters. The summed E-state index contributed by atoms with van der Waals surface area (Å²) in [5.41, 5.74) is 1.66. The fraction of sp³-hybridized carbons (Fsp3) is 0.421. The molecule has 0 saturated heterocycles. The van der Waals surface area contributed by atoms with Crippen LogP contribution in [0.3, 0.4) is 0 Å². The fourth-order valence-corrected chi connectivity index (χ4v) is 5.13. The number of rotatable bonds is 5. The molecule has 4 rings (SSSR count). The van der Waals surface area contributed by atoms with Crippen LogP contribution in [0.5, 0.6) is 0 Å². The van der Waals surface area contributed by atoms with Crippen molar-refractivity contribution in [1.29, 1.82) is 0 Å². The minimum Gasteiger partial charge on any atom is -0.356 e. The Morgan fingerprint density at radius 1 is 1.14 bits per heavy atom. The SMILES string of the molecule is Cc1ccc(=O)n(C2CCC(NS(=O)(=O)Cc3noc4ccccc34)CC2)n1. The number of aryl methyl sites for hydroxylation is 1. The lowest BCUT2D eigenvalue weighted by atomic mass is 9.92. The molecule has 2 aromatic heterocycles. The number of aromatic nitrogens is 3. The van der Waals surface area contributed by atoms with E-state index in [1.807, 2.05) is 19.1 Å². The van der Waals surface area contributed by atoms with Gasteiger partial charge in [-0.1, -0.05) is 17.3 Å². The third-order valence-corrected chi connectivity index (χ3v) is 6.47. The molecule has 1 fully saturated rings. The zero-order valence-corrected chi connectivity index (χ0v) is 16.4. The monoisotopic (exact) mass is 402 g/mol. The van der Waals surface area contributed by atoms with E-state index >= 15 is 0 Å². The van der Waals surface area contributed by atoms with Crippen LogP contribution in [-0.4, -0.2) is 29.4 Å². The van der Waals surface area contributed by atoms with Crippen molar-refractivity contribution in [2.75, 3.05) is 0 Å². The number of sulfonamides is 1. The second-order valence-electron chi connectivity index (χ2n) is 7.27. The van der Waals surface area contributed by atoms with Crippen molar-refractivity contribution >= 4 is 21.0 Å². The number of hydrogen-bond donors (Lipinski definition) is 1. The van der Waals surface area contributed by atoms with Crippen LogP contribution in [0.25, 0.3) is 11.0 Å². The first-order chi connectivity index (χ1) is 13.4. The number of para-hydroxylation sites is 1. The summed E-state index contributed by atoms with van der Waals surface area (Å²) in [6.07, 6.45) is 2.73. The Morgan fingerprint density at radius 3 is 2.68 bits per heavy atom. The van der Waals surface area contributed by atoms with E-state index < -0.39 is 10.0 Å². The molecule has 0 atom stereocenters. The smallest absolute Gasteiger partial charge is 0.267 e. The zero-order chi connectivity index (χ0) is 19.7. The lowest BCUT2D eigenvalue weighted by molar-refractivity contribution is 0.284. The quantitative estimate of drug-likeness (QED) is 0.702. The summed E-state index contributed by atoms with van der Waals surface area (Å²) >= 11 is 0. The molecule has 1 aliphatic carbocycles. The summed E-state index contributed by atoms with van der Waals surface area (Å²) in [7, 11) is -3.55. The molecular formula is C19H22N4O4S. The maximum Gasteiger partial charge on any atom is 0.267 e. The normalized spacial score (nSPS) is 20.5. The van der Waals surface area contributed by atoms with E-state index in [-0.39, 0.29) is 23.4 Å². The van der Waals surface area contributed by atoms with Crippen molar-refractivity contribution in [1.82, 2.24) is 19.7 Å². The van der Waals surface area contributed by atoms with E-state index in [1.165, 1.54) is 10.7 Å². The third kappa shape index (κ3) is 4.00. The van der Waals surface area contributed by atoms with Crippen molar-refractivity contribution in [3.8, 4) is 0 Å². The van der Waals surface area contributed by atoms with Gasteiger partial charge in [-0.15, -0.1) is 0 Å². The van der Waals surface area contributed by atoms with Crippen molar-refractivity contribution in [3.05, 3.63) is 58.1 Å². The standard InChI is InChI=1S/C19H22N4O4S/c1-13-6-11-19(24)23(20-13)15-9-7-14(8-10-15)22-28(25,26)12-17-16-4-2-3-5-18(16)27-21-17/h2-6,11,14-15,22H,7-10,12H2,1H3. The van der Waals surface area contributed by atoms with Crippen LogP contribution in [0.1, 0.15) is 43.1 Å². The second kappa shape index (κ2) is 7.48. The summed E-state index contributed by atoms with van der Waals surface area (Å²) in [6.45, 7) is 1.85. The Labute approximate surface area is 162 Å². The predicted molar refractivity (Wildman–Crippen MR) is 104 cm³/mol. The Bertz CT molecular complexity index is 1140. The fourth-order valence-electron chi connectivity index (χ4n) is 3.74. The minimum absolute atomic E-state index is 0.00707. The van der Waals surface area contributed by atoms with Gasteiger partial charge in [-0.25, -0.2) is 17.8 Å². The maximum absolute atomic E-state index is 12.6. The molecule has 1 aromatic carbocycles. The molecule has 0 amide bonds. The summed E-state index contributed by atoms with van der Waals surface area (Å²) in [5, 5.41) is 8.93. The number of nitrogens with zero attached hydrogens (tertiary/aromatic N) is 3. The lowest BCUT2D eigenvalue weighted by Crippen LogP contribution is -2.40. The van der Waals surface area contributed by atoms with Gasteiger partial charge in [0.1, 0.15) is 11.4 Å². The number of benzene rings is 1. The van der Waals surface area contributed by atoms with Crippen LogP contribution in [0.4, 0.5) is 0 Å².